The molecular formula is C16H15OSi. The van der Waals surface area contributed by atoms with Crippen LogP contribution in [0.25, 0.3) is 21.5 Å². The molecular weight excluding hydrogens is 236 g/mol. The van der Waals surface area contributed by atoms with Crippen LogP contribution in [0.5, 0.6) is 5.75 Å². The number of hydrogen-bond donors (Lipinski definition) is 1. The van der Waals surface area contributed by atoms with Gasteiger partial charge in [0, 0.05) is 0 Å². The molecule has 1 nitrogen and oxygen atoms in total. The third kappa shape index (κ3) is 1.79. The first kappa shape index (κ1) is 11.3. The van der Waals surface area contributed by atoms with E-state index < -0.39 is 8.80 Å². The number of phenols is 1. The topological polar surface area (TPSA) is 20.2 Å². The molecule has 0 fully saturated rings. The summed E-state index contributed by atoms with van der Waals surface area (Å²) in [4.78, 5) is 0. The lowest BCUT2D eigenvalue weighted by Gasteiger charge is -2.08. The van der Waals surface area contributed by atoms with E-state index >= 15 is 0 Å². The SMILES string of the molecule is C[Si](C)c1ccc2c(ccc3cc(O)ccc32)c1. The van der Waals surface area contributed by atoms with E-state index in [2.05, 4.69) is 43.4 Å². The van der Waals surface area contributed by atoms with E-state index in [4.69, 9.17) is 0 Å². The van der Waals surface area contributed by atoms with Gasteiger partial charge in [-0.1, -0.05) is 54.7 Å². The van der Waals surface area contributed by atoms with Crippen LogP contribution < -0.4 is 5.19 Å². The van der Waals surface area contributed by atoms with Gasteiger partial charge in [0.15, 0.2) is 0 Å². The highest BCUT2D eigenvalue weighted by molar-refractivity contribution is 6.71. The summed E-state index contributed by atoms with van der Waals surface area (Å²) < 4.78 is 0. The number of rotatable bonds is 1. The van der Waals surface area contributed by atoms with Gasteiger partial charge in [-0.05, 0) is 33.7 Å². The van der Waals surface area contributed by atoms with E-state index in [1.54, 1.807) is 6.07 Å². The van der Waals surface area contributed by atoms with Crippen LogP contribution in [0.4, 0.5) is 0 Å². The maximum absolute atomic E-state index is 9.52. The molecule has 18 heavy (non-hydrogen) atoms. The molecule has 0 bridgehead atoms. The predicted octanol–water partition coefficient (Wildman–Crippen LogP) is 3.66. The van der Waals surface area contributed by atoms with Gasteiger partial charge in [0.2, 0.25) is 0 Å². The first-order valence-corrected chi connectivity index (χ1v) is 8.61. The molecule has 1 radical (unpaired) electrons. The Morgan fingerprint density at radius 2 is 1.39 bits per heavy atom. The van der Waals surface area contributed by atoms with Gasteiger partial charge in [-0.3, -0.25) is 0 Å². The van der Waals surface area contributed by atoms with E-state index in [0.29, 0.717) is 5.75 Å². The van der Waals surface area contributed by atoms with Gasteiger partial charge < -0.3 is 5.11 Å². The molecule has 0 saturated heterocycles. The summed E-state index contributed by atoms with van der Waals surface area (Å²) in [5, 5.41) is 15.8. The Hall–Kier alpha value is -1.80. The first-order valence-electron chi connectivity index (χ1n) is 6.11. The molecule has 3 aromatic carbocycles. The molecule has 3 aromatic rings. The van der Waals surface area contributed by atoms with Crippen molar-refractivity contribution in [2.45, 2.75) is 13.1 Å². The van der Waals surface area contributed by atoms with Crippen molar-refractivity contribution in [2.24, 2.45) is 0 Å². The van der Waals surface area contributed by atoms with Crippen LogP contribution >= 0.6 is 0 Å². The van der Waals surface area contributed by atoms with Crippen molar-refractivity contribution in [1.29, 1.82) is 0 Å². The molecule has 0 aliphatic rings. The van der Waals surface area contributed by atoms with E-state index in [1.165, 1.54) is 21.3 Å². The Bertz CT molecular complexity index is 732. The second kappa shape index (κ2) is 4.14. The molecule has 1 N–H and O–H groups in total. The molecule has 0 aliphatic carbocycles. The quantitative estimate of drug-likeness (QED) is 0.517. The Morgan fingerprint density at radius 3 is 2.06 bits per heavy atom. The summed E-state index contributed by atoms with van der Waals surface area (Å²) in [5.41, 5.74) is 0. The first-order chi connectivity index (χ1) is 8.65. The van der Waals surface area contributed by atoms with Gasteiger partial charge in [-0.2, -0.15) is 0 Å². The zero-order chi connectivity index (χ0) is 12.7. The van der Waals surface area contributed by atoms with Crippen LogP contribution in [-0.4, -0.2) is 13.9 Å². The Balaban J connectivity index is 2.35. The van der Waals surface area contributed by atoms with Crippen LogP contribution in [0.1, 0.15) is 0 Å². The van der Waals surface area contributed by atoms with Crippen molar-refractivity contribution < 1.29 is 5.11 Å². The number of fused-ring (bicyclic) bond motifs is 3. The molecule has 0 aliphatic heterocycles. The van der Waals surface area contributed by atoms with E-state index in [9.17, 15) is 5.11 Å². The molecule has 0 spiro atoms. The van der Waals surface area contributed by atoms with Crippen molar-refractivity contribution in [3.63, 3.8) is 0 Å². The van der Waals surface area contributed by atoms with E-state index in [1.807, 2.05) is 12.1 Å². The van der Waals surface area contributed by atoms with Gasteiger partial charge in [-0.15, -0.1) is 0 Å². The zero-order valence-electron chi connectivity index (χ0n) is 10.6. The van der Waals surface area contributed by atoms with E-state index in [0.717, 1.165) is 5.39 Å². The van der Waals surface area contributed by atoms with Gasteiger partial charge in [0.05, 0.1) is 8.80 Å². The molecule has 2 heteroatoms. The Labute approximate surface area is 108 Å². The molecule has 0 saturated carbocycles. The molecule has 3 rings (SSSR count). The third-order valence-electron chi connectivity index (χ3n) is 3.40. The van der Waals surface area contributed by atoms with Crippen molar-refractivity contribution >= 4 is 35.5 Å². The maximum atomic E-state index is 9.52. The minimum atomic E-state index is -0.402. The highest BCUT2D eigenvalue weighted by Gasteiger charge is 2.05. The monoisotopic (exact) mass is 251 g/mol. The average Bonchev–Trinajstić information content (AvgIpc) is 2.37. The second-order valence-corrected chi connectivity index (χ2v) is 7.48. The summed E-state index contributed by atoms with van der Waals surface area (Å²) in [6.07, 6.45) is 0. The Kier molecular flexibility index (Phi) is 2.60. The molecule has 0 atom stereocenters. The number of phenolic OH excluding ortho intramolecular Hbond substituents is 1. The normalized spacial score (nSPS) is 11.5. The predicted molar refractivity (Wildman–Crippen MR) is 80.2 cm³/mol. The molecule has 0 heterocycles. The number of hydrogen-bond acceptors (Lipinski definition) is 1. The lowest BCUT2D eigenvalue weighted by molar-refractivity contribution is 0.476. The fourth-order valence-electron chi connectivity index (χ4n) is 2.37. The summed E-state index contributed by atoms with van der Waals surface area (Å²) in [6.45, 7) is 4.62. The molecule has 0 amide bonds. The van der Waals surface area contributed by atoms with Crippen LogP contribution in [0, 0.1) is 0 Å². The molecule has 89 valence electrons. The van der Waals surface area contributed by atoms with Crippen LogP contribution in [-0.2, 0) is 0 Å². The van der Waals surface area contributed by atoms with Gasteiger partial charge in [0.1, 0.15) is 5.75 Å². The van der Waals surface area contributed by atoms with Crippen LogP contribution in [0.15, 0.2) is 48.5 Å². The molecule has 0 unspecified atom stereocenters. The minimum absolute atomic E-state index is 0.325. The largest absolute Gasteiger partial charge is 0.508 e. The fraction of sp³-hybridized carbons (Fsp3) is 0.125. The standard InChI is InChI=1S/C16H15OSi/c1-18(2)14-6-8-16-12(10-14)4-3-11-9-13(17)5-7-15(11)16/h3-10,17H,1-2H3. The molecule has 0 aromatic heterocycles. The van der Waals surface area contributed by atoms with Gasteiger partial charge >= 0.3 is 0 Å². The highest BCUT2D eigenvalue weighted by atomic mass is 28.3. The van der Waals surface area contributed by atoms with Crippen molar-refractivity contribution in [3.8, 4) is 5.75 Å². The summed E-state index contributed by atoms with van der Waals surface area (Å²) >= 11 is 0. The lowest BCUT2D eigenvalue weighted by atomic mass is 10.0. The summed E-state index contributed by atoms with van der Waals surface area (Å²) in [5.74, 6) is 0.325. The zero-order valence-corrected chi connectivity index (χ0v) is 11.6. The highest BCUT2D eigenvalue weighted by Crippen LogP contribution is 2.27. The van der Waals surface area contributed by atoms with E-state index in [-0.39, 0.29) is 0 Å². The van der Waals surface area contributed by atoms with Crippen molar-refractivity contribution in [3.05, 3.63) is 48.5 Å². The van der Waals surface area contributed by atoms with Crippen LogP contribution in [0.2, 0.25) is 13.1 Å². The van der Waals surface area contributed by atoms with Gasteiger partial charge in [0.25, 0.3) is 0 Å². The van der Waals surface area contributed by atoms with Gasteiger partial charge in [-0.25, -0.2) is 0 Å². The lowest BCUT2D eigenvalue weighted by Crippen LogP contribution is -2.21. The maximum Gasteiger partial charge on any atom is 0.116 e. The minimum Gasteiger partial charge on any atom is -0.508 e. The third-order valence-corrected chi connectivity index (χ3v) is 4.86. The number of benzene rings is 3. The Morgan fingerprint density at radius 1 is 0.778 bits per heavy atom. The van der Waals surface area contributed by atoms with Crippen molar-refractivity contribution in [1.82, 2.24) is 0 Å². The summed E-state index contributed by atoms with van der Waals surface area (Å²) in [7, 11) is -0.402. The second-order valence-electron chi connectivity index (χ2n) is 4.91. The number of aromatic hydroxyl groups is 1. The fourth-order valence-corrected chi connectivity index (χ4v) is 3.23. The van der Waals surface area contributed by atoms with Crippen LogP contribution in [0.3, 0.4) is 0 Å². The summed E-state index contributed by atoms with van der Waals surface area (Å²) in [6, 6.07) is 16.5. The van der Waals surface area contributed by atoms with Crippen molar-refractivity contribution in [2.75, 3.05) is 0 Å². The smallest absolute Gasteiger partial charge is 0.116 e. The average molecular weight is 251 g/mol.